The average molecular weight is 164 g/mol. The van der Waals surface area contributed by atoms with Crippen LogP contribution in [0.25, 0.3) is 0 Å². The fourth-order valence-electron chi connectivity index (χ4n) is 0.809. The van der Waals surface area contributed by atoms with Gasteiger partial charge in [0.15, 0.2) is 0 Å². The van der Waals surface area contributed by atoms with Crippen molar-refractivity contribution in [3.05, 3.63) is 0 Å². The Morgan fingerprint density at radius 1 is 0.900 bits per heavy atom. The summed E-state index contributed by atoms with van der Waals surface area (Å²) in [5, 5.41) is 8.42. The Labute approximate surface area is 66.8 Å². The number of aliphatic hydroxyl groups excluding tert-OH is 1. The molecule has 0 aromatic heterocycles. The van der Waals surface area contributed by atoms with Gasteiger partial charge in [-0.3, -0.25) is 0 Å². The summed E-state index contributed by atoms with van der Waals surface area (Å²) in [5.41, 5.74) is 0. The number of aliphatic hydroxyl groups is 1. The van der Waals surface area contributed by atoms with Crippen LogP contribution in [0.15, 0.2) is 0 Å². The van der Waals surface area contributed by atoms with Crippen molar-refractivity contribution in [1.82, 2.24) is 0 Å². The Kier molecular flexibility index (Phi) is 9.52. The molecule has 0 aliphatic rings. The normalized spacial score (nSPS) is 10.2. The topological polar surface area (TPSA) is 40.5 Å². The van der Waals surface area contributed by atoms with E-state index in [-0.39, 0.29) is 0 Å². The number of unbranched alkanes of at least 4 members (excludes halogenated alkanes) is 4. The van der Waals surface area contributed by atoms with Crippen molar-refractivity contribution in [2.45, 2.75) is 32.1 Å². The zero-order chi connectivity index (χ0) is 7.66. The minimum atomic E-state index is 0.314. The fourth-order valence-corrected chi connectivity index (χ4v) is 1.14. The summed E-state index contributed by atoms with van der Waals surface area (Å²) in [7, 11) is 0. The van der Waals surface area contributed by atoms with Gasteiger partial charge in [-0.05, 0) is 24.9 Å². The lowest BCUT2D eigenvalue weighted by molar-refractivity contribution is 0.282. The van der Waals surface area contributed by atoms with Gasteiger partial charge in [0, 0.05) is 12.4 Å². The molecule has 0 bridgehead atoms. The predicted molar refractivity (Wildman–Crippen MR) is 45.3 cm³/mol. The molecule has 0 heterocycles. The SMILES string of the molecule is OCCCCCCCSO. The van der Waals surface area contributed by atoms with Crippen LogP contribution >= 0.6 is 12.0 Å². The van der Waals surface area contributed by atoms with Gasteiger partial charge in [-0.2, -0.15) is 0 Å². The smallest absolute Gasteiger partial charge is 0.0431 e. The molecule has 62 valence electrons. The minimum Gasteiger partial charge on any atom is -0.396 e. The van der Waals surface area contributed by atoms with E-state index in [1.807, 2.05) is 0 Å². The van der Waals surface area contributed by atoms with Gasteiger partial charge in [0.25, 0.3) is 0 Å². The highest BCUT2D eigenvalue weighted by Gasteiger charge is 1.88. The van der Waals surface area contributed by atoms with Crippen LogP contribution in [0.3, 0.4) is 0 Å². The molecule has 2 N–H and O–H groups in total. The number of rotatable bonds is 7. The molecule has 0 aliphatic heterocycles. The summed E-state index contributed by atoms with van der Waals surface area (Å²) in [6, 6.07) is 0. The Bertz CT molecular complexity index is 51.6. The van der Waals surface area contributed by atoms with E-state index in [1.165, 1.54) is 12.8 Å². The van der Waals surface area contributed by atoms with E-state index in [9.17, 15) is 0 Å². The highest BCUT2D eigenvalue weighted by Crippen LogP contribution is 2.05. The molecule has 2 nitrogen and oxygen atoms in total. The van der Waals surface area contributed by atoms with Crippen molar-refractivity contribution < 1.29 is 9.66 Å². The zero-order valence-electron chi connectivity index (χ0n) is 6.25. The van der Waals surface area contributed by atoms with Crippen molar-refractivity contribution in [2.24, 2.45) is 0 Å². The molecule has 0 aromatic carbocycles. The molecule has 0 atom stereocenters. The Balaban J connectivity index is 2.65. The van der Waals surface area contributed by atoms with E-state index >= 15 is 0 Å². The summed E-state index contributed by atoms with van der Waals surface area (Å²) in [5.74, 6) is 0.846. The van der Waals surface area contributed by atoms with E-state index in [2.05, 4.69) is 0 Å². The van der Waals surface area contributed by atoms with Crippen LogP contribution in [0.2, 0.25) is 0 Å². The molecule has 0 saturated carbocycles. The maximum Gasteiger partial charge on any atom is 0.0431 e. The molecule has 3 heteroatoms. The van der Waals surface area contributed by atoms with Crippen LogP contribution in [0.5, 0.6) is 0 Å². The quantitative estimate of drug-likeness (QED) is 0.447. The van der Waals surface area contributed by atoms with E-state index in [0.29, 0.717) is 6.61 Å². The summed E-state index contributed by atoms with van der Waals surface area (Å²) in [6.07, 6.45) is 5.49. The second-order valence-corrected chi connectivity index (χ2v) is 2.99. The zero-order valence-corrected chi connectivity index (χ0v) is 7.07. The molecule has 0 aromatic rings. The summed E-state index contributed by atoms with van der Waals surface area (Å²) >= 11 is 0.916. The van der Waals surface area contributed by atoms with Gasteiger partial charge in [0.1, 0.15) is 0 Å². The van der Waals surface area contributed by atoms with Gasteiger partial charge in [-0.15, -0.1) is 0 Å². The van der Waals surface area contributed by atoms with Crippen molar-refractivity contribution >= 4 is 12.0 Å². The molecule has 0 rings (SSSR count). The summed E-state index contributed by atoms with van der Waals surface area (Å²) in [6.45, 7) is 0.314. The molecule has 0 saturated heterocycles. The fraction of sp³-hybridized carbons (Fsp3) is 1.00. The minimum absolute atomic E-state index is 0.314. The first-order chi connectivity index (χ1) is 4.91. The van der Waals surface area contributed by atoms with Gasteiger partial charge in [-0.25, -0.2) is 0 Å². The highest BCUT2D eigenvalue weighted by atomic mass is 32.2. The molecular formula is C7H16O2S. The van der Waals surface area contributed by atoms with Gasteiger partial charge >= 0.3 is 0 Å². The lowest BCUT2D eigenvalue weighted by Gasteiger charge is -1.96. The van der Waals surface area contributed by atoms with Gasteiger partial charge in [0.05, 0.1) is 0 Å². The van der Waals surface area contributed by atoms with Crippen molar-refractivity contribution in [1.29, 1.82) is 0 Å². The number of hydrogen-bond donors (Lipinski definition) is 2. The van der Waals surface area contributed by atoms with Crippen LogP contribution in [0.4, 0.5) is 0 Å². The lowest BCUT2D eigenvalue weighted by Crippen LogP contribution is -1.84. The largest absolute Gasteiger partial charge is 0.396 e. The lowest BCUT2D eigenvalue weighted by atomic mass is 10.2. The van der Waals surface area contributed by atoms with E-state index in [4.69, 9.17) is 9.66 Å². The third kappa shape index (κ3) is 8.27. The van der Waals surface area contributed by atoms with Gasteiger partial charge in [0.2, 0.25) is 0 Å². The number of hydrogen-bond acceptors (Lipinski definition) is 3. The van der Waals surface area contributed by atoms with Crippen LogP contribution < -0.4 is 0 Å². The maximum atomic E-state index is 8.42. The molecule has 0 radical (unpaired) electrons. The molecule has 0 amide bonds. The van der Waals surface area contributed by atoms with Crippen molar-refractivity contribution in [3.8, 4) is 0 Å². The first kappa shape index (κ1) is 10.3. The molecule has 0 aliphatic carbocycles. The van der Waals surface area contributed by atoms with Gasteiger partial charge < -0.3 is 9.66 Å². The highest BCUT2D eigenvalue weighted by molar-refractivity contribution is 7.93. The Hall–Kier alpha value is 0.270. The monoisotopic (exact) mass is 164 g/mol. The second-order valence-electron chi connectivity index (χ2n) is 2.32. The van der Waals surface area contributed by atoms with Gasteiger partial charge in [-0.1, -0.05) is 19.3 Å². The van der Waals surface area contributed by atoms with Crippen molar-refractivity contribution in [3.63, 3.8) is 0 Å². The molecule has 0 unspecified atom stereocenters. The molecule has 0 spiro atoms. The standard InChI is InChI=1S/C7H16O2S/c8-6-4-2-1-3-5-7-10-9/h8-9H,1-7H2. The Morgan fingerprint density at radius 2 is 1.50 bits per heavy atom. The molecule has 10 heavy (non-hydrogen) atoms. The predicted octanol–water partition coefficient (Wildman–Crippen LogP) is 2.14. The van der Waals surface area contributed by atoms with Crippen molar-refractivity contribution in [2.75, 3.05) is 12.4 Å². The third-order valence-corrected chi connectivity index (χ3v) is 1.86. The first-order valence-corrected chi connectivity index (χ1v) is 4.73. The molecule has 0 fully saturated rings. The second kappa shape index (κ2) is 9.27. The van der Waals surface area contributed by atoms with Crippen LogP contribution in [-0.4, -0.2) is 22.0 Å². The first-order valence-electron chi connectivity index (χ1n) is 3.79. The average Bonchev–Trinajstić information content (AvgIpc) is 1.97. The van der Waals surface area contributed by atoms with E-state index in [0.717, 1.165) is 37.1 Å². The van der Waals surface area contributed by atoms with E-state index in [1.54, 1.807) is 0 Å². The third-order valence-electron chi connectivity index (χ3n) is 1.39. The van der Waals surface area contributed by atoms with Crippen LogP contribution in [-0.2, 0) is 0 Å². The summed E-state index contributed by atoms with van der Waals surface area (Å²) < 4.78 is 8.35. The summed E-state index contributed by atoms with van der Waals surface area (Å²) in [4.78, 5) is 0. The van der Waals surface area contributed by atoms with E-state index < -0.39 is 0 Å². The van der Waals surface area contributed by atoms with Crippen LogP contribution in [0.1, 0.15) is 32.1 Å². The maximum absolute atomic E-state index is 8.42. The van der Waals surface area contributed by atoms with Crippen LogP contribution in [0, 0.1) is 0 Å². The Morgan fingerprint density at radius 3 is 2.10 bits per heavy atom. The molecular weight excluding hydrogens is 148 g/mol.